The van der Waals surface area contributed by atoms with Crippen LogP contribution in [-0.4, -0.2) is 26.0 Å². The number of hydrogen-bond donors (Lipinski definition) is 2. The summed E-state index contributed by atoms with van der Waals surface area (Å²) in [7, 11) is 1.85. The molecule has 1 atom stereocenters. The van der Waals surface area contributed by atoms with E-state index in [4.69, 9.17) is 0 Å². The van der Waals surface area contributed by atoms with Crippen molar-refractivity contribution >= 4 is 5.91 Å². The summed E-state index contributed by atoms with van der Waals surface area (Å²) < 4.78 is 13.2. The molecule has 1 aliphatic carbocycles. The zero-order valence-electron chi connectivity index (χ0n) is 13.6. The maximum atomic E-state index is 13.2. The van der Waals surface area contributed by atoms with E-state index in [2.05, 4.69) is 10.6 Å². The van der Waals surface area contributed by atoms with Crippen LogP contribution in [0.15, 0.2) is 24.3 Å². The molecule has 1 amide bonds. The summed E-state index contributed by atoms with van der Waals surface area (Å²) in [4.78, 5) is 12.2. The monoisotopic (exact) mass is 306 g/mol. The molecule has 0 heterocycles. The van der Waals surface area contributed by atoms with Crippen LogP contribution in [0.2, 0.25) is 0 Å². The highest BCUT2D eigenvalue weighted by Crippen LogP contribution is 2.39. The van der Waals surface area contributed by atoms with Crippen LogP contribution < -0.4 is 10.6 Å². The van der Waals surface area contributed by atoms with Gasteiger partial charge in [0, 0.05) is 24.4 Å². The van der Waals surface area contributed by atoms with E-state index in [0.717, 1.165) is 18.4 Å². The Morgan fingerprint density at radius 2 is 1.86 bits per heavy atom. The van der Waals surface area contributed by atoms with Gasteiger partial charge in [-0.2, -0.15) is 0 Å². The van der Waals surface area contributed by atoms with Gasteiger partial charge < -0.3 is 10.6 Å². The van der Waals surface area contributed by atoms with Gasteiger partial charge in [-0.3, -0.25) is 4.79 Å². The average molecular weight is 306 g/mol. The fourth-order valence-corrected chi connectivity index (χ4v) is 3.43. The molecule has 1 aromatic carbocycles. The van der Waals surface area contributed by atoms with Gasteiger partial charge in [-0.05, 0) is 37.6 Å². The van der Waals surface area contributed by atoms with Crippen molar-refractivity contribution in [2.45, 2.75) is 44.4 Å². The molecule has 1 unspecified atom stereocenters. The third-order valence-corrected chi connectivity index (χ3v) is 4.83. The maximum absolute atomic E-state index is 13.2. The lowest BCUT2D eigenvalue weighted by Crippen LogP contribution is -2.44. The lowest BCUT2D eigenvalue weighted by Gasteiger charge is -2.38. The van der Waals surface area contributed by atoms with Gasteiger partial charge in [0.2, 0.25) is 5.91 Å². The summed E-state index contributed by atoms with van der Waals surface area (Å²) in [6, 6.07) is 6.81. The van der Waals surface area contributed by atoms with E-state index in [1.54, 1.807) is 0 Å². The Bertz CT molecular complexity index is 480. The van der Waals surface area contributed by atoms with Gasteiger partial charge in [0.05, 0.1) is 0 Å². The van der Waals surface area contributed by atoms with Crippen LogP contribution in [-0.2, 0) is 10.2 Å². The standard InChI is InChI=1S/C18H27FN2O/c1-14(12-20-2)17(22)21-13-18(10-4-3-5-11-18)15-6-8-16(19)9-7-15/h6-9,14,20H,3-5,10-13H2,1-2H3,(H,21,22). The predicted octanol–water partition coefficient (Wildman–Crippen LogP) is 3.00. The molecule has 22 heavy (non-hydrogen) atoms. The van der Waals surface area contributed by atoms with Crippen LogP contribution in [0.5, 0.6) is 0 Å². The lowest BCUT2D eigenvalue weighted by molar-refractivity contribution is -0.124. The van der Waals surface area contributed by atoms with Gasteiger partial charge in [0.25, 0.3) is 0 Å². The summed E-state index contributed by atoms with van der Waals surface area (Å²) in [6.07, 6.45) is 5.68. The highest BCUT2D eigenvalue weighted by Gasteiger charge is 2.34. The zero-order valence-corrected chi connectivity index (χ0v) is 13.6. The Balaban J connectivity index is 2.09. The molecule has 122 valence electrons. The second-order valence-electron chi connectivity index (χ2n) is 6.52. The van der Waals surface area contributed by atoms with E-state index in [9.17, 15) is 9.18 Å². The number of hydrogen-bond acceptors (Lipinski definition) is 2. The minimum Gasteiger partial charge on any atom is -0.355 e. The first-order valence-electron chi connectivity index (χ1n) is 8.26. The first kappa shape index (κ1) is 16.9. The molecular formula is C18H27FN2O. The first-order valence-corrected chi connectivity index (χ1v) is 8.26. The molecule has 3 nitrogen and oxygen atoms in total. The summed E-state index contributed by atoms with van der Waals surface area (Å²) in [5.41, 5.74) is 1.11. The Labute approximate surface area is 132 Å². The van der Waals surface area contributed by atoms with Crippen LogP contribution in [0.25, 0.3) is 0 Å². The van der Waals surface area contributed by atoms with Gasteiger partial charge in [-0.1, -0.05) is 38.3 Å². The molecule has 1 saturated carbocycles. The number of carbonyl (C=O) groups is 1. The van der Waals surface area contributed by atoms with E-state index in [0.29, 0.717) is 13.1 Å². The SMILES string of the molecule is CNCC(C)C(=O)NCC1(c2ccc(F)cc2)CCCCC1. The highest BCUT2D eigenvalue weighted by atomic mass is 19.1. The molecule has 1 aliphatic rings. The molecule has 0 aliphatic heterocycles. The summed E-state index contributed by atoms with van der Waals surface area (Å²) in [5.74, 6) is -0.165. The van der Waals surface area contributed by atoms with Gasteiger partial charge >= 0.3 is 0 Å². The smallest absolute Gasteiger partial charge is 0.224 e. The van der Waals surface area contributed by atoms with Gasteiger partial charge in [-0.15, -0.1) is 0 Å². The molecule has 0 spiro atoms. The van der Waals surface area contributed by atoms with Gasteiger partial charge in [0.15, 0.2) is 0 Å². The quantitative estimate of drug-likeness (QED) is 0.848. The largest absolute Gasteiger partial charge is 0.355 e. The minimum absolute atomic E-state index is 0.0407. The summed E-state index contributed by atoms with van der Waals surface area (Å²) in [5, 5.41) is 6.15. The molecular weight excluding hydrogens is 279 g/mol. The maximum Gasteiger partial charge on any atom is 0.224 e. The van der Waals surface area contributed by atoms with E-state index < -0.39 is 0 Å². The molecule has 2 rings (SSSR count). The van der Waals surface area contributed by atoms with Crippen LogP contribution in [0.4, 0.5) is 4.39 Å². The molecule has 1 aromatic rings. The zero-order chi connectivity index (χ0) is 16.0. The lowest BCUT2D eigenvalue weighted by atomic mass is 9.69. The van der Waals surface area contributed by atoms with Crippen molar-refractivity contribution in [3.8, 4) is 0 Å². The topological polar surface area (TPSA) is 41.1 Å². The van der Waals surface area contributed by atoms with Gasteiger partial charge in [0.1, 0.15) is 5.82 Å². The van der Waals surface area contributed by atoms with E-state index in [1.165, 1.54) is 31.4 Å². The van der Waals surface area contributed by atoms with Crippen molar-refractivity contribution in [3.05, 3.63) is 35.6 Å². The molecule has 1 fully saturated rings. The summed E-state index contributed by atoms with van der Waals surface area (Å²) >= 11 is 0. The number of rotatable bonds is 6. The minimum atomic E-state index is -0.207. The first-order chi connectivity index (χ1) is 10.6. The Kier molecular flexibility index (Phi) is 5.95. The normalized spacial score (nSPS) is 18.7. The summed E-state index contributed by atoms with van der Waals surface area (Å²) in [6.45, 7) is 3.25. The van der Waals surface area contributed by atoms with Crippen molar-refractivity contribution in [1.29, 1.82) is 0 Å². The van der Waals surface area contributed by atoms with Crippen LogP contribution in [0.3, 0.4) is 0 Å². The number of halogens is 1. The van der Waals surface area contributed by atoms with Crippen LogP contribution >= 0.6 is 0 Å². The molecule has 0 radical (unpaired) electrons. The molecule has 0 aromatic heterocycles. The number of carbonyl (C=O) groups excluding carboxylic acids is 1. The van der Waals surface area contributed by atoms with Gasteiger partial charge in [-0.25, -0.2) is 4.39 Å². The number of amides is 1. The Hall–Kier alpha value is -1.42. The van der Waals surface area contributed by atoms with Crippen molar-refractivity contribution in [1.82, 2.24) is 10.6 Å². The van der Waals surface area contributed by atoms with E-state index in [1.807, 2.05) is 26.1 Å². The van der Waals surface area contributed by atoms with Crippen molar-refractivity contribution in [2.24, 2.45) is 5.92 Å². The van der Waals surface area contributed by atoms with E-state index >= 15 is 0 Å². The molecule has 0 saturated heterocycles. The second-order valence-corrected chi connectivity index (χ2v) is 6.52. The van der Waals surface area contributed by atoms with Crippen LogP contribution in [0.1, 0.15) is 44.6 Å². The fourth-order valence-electron chi connectivity index (χ4n) is 3.43. The highest BCUT2D eigenvalue weighted by molar-refractivity contribution is 5.78. The fraction of sp³-hybridized carbons (Fsp3) is 0.611. The van der Waals surface area contributed by atoms with Crippen molar-refractivity contribution in [2.75, 3.05) is 20.1 Å². The van der Waals surface area contributed by atoms with Crippen molar-refractivity contribution < 1.29 is 9.18 Å². The van der Waals surface area contributed by atoms with E-state index in [-0.39, 0.29) is 23.1 Å². The Morgan fingerprint density at radius 3 is 2.45 bits per heavy atom. The average Bonchev–Trinajstić information content (AvgIpc) is 2.54. The number of nitrogens with one attached hydrogen (secondary N) is 2. The van der Waals surface area contributed by atoms with Crippen LogP contribution in [0, 0.1) is 11.7 Å². The molecule has 4 heteroatoms. The van der Waals surface area contributed by atoms with Crippen molar-refractivity contribution in [3.63, 3.8) is 0 Å². The second kappa shape index (κ2) is 7.73. The molecule has 0 bridgehead atoms. The molecule has 2 N–H and O–H groups in total. The third kappa shape index (κ3) is 4.07. The Morgan fingerprint density at radius 1 is 1.23 bits per heavy atom. The predicted molar refractivity (Wildman–Crippen MR) is 87.3 cm³/mol. The number of benzene rings is 1. The third-order valence-electron chi connectivity index (χ3n) is 4.83.